The minimum atomic E-state index is -0.152. The molecular weight excluding hydrogens is 256 g/mol. The third-order valence-corrected chi connectivity index (χ3v) is 3.18. The molecule has 3 aromatic rings. The Labute approximate surface area is 113 Å². The molecule has 0 saturated heterocycles. The summed E-state index contributed by atoms with van der Waals surface area (Å²) in [6.45, 7) is 0. The smallest absolute Gasteiger partial charge is 0.200 e. The van der Waals surface area contributed by atoms with E-state index in [1.165, 1.54) is 4.68 Å². The summed E-state index contributed by atoms with van der Waals surface area (Å²) in [6.07, 6.45) is 1.68. The fourth-order valence-corrected chi connectivity index (χ4v) is 2.17. The van der Waals surface area contributed by atoms with Gasteiger partial charge in [-0.2, -0.15) is 5.26 Å². The molecule has 0 radical (unpaired) electrons. The van der Waals surface area contributed by atoms with Crippen molar-refractivity contribution in [1.29, 1.82) is 5.26 Å². The largest absolute Gasteiger partial charge is 0.350 e. The number of hydrogen-bond acceptors (Lipinski definition) is 5. The van der Waals surface area contributed by atoms with E-state index in [0.717, 1.165) is 0 Å². The first-order valence-electron chi connectivity index (χ1n) is 5.88. The highest BCUT2D eigenvalue weighted by molar-refractivity contribution is 5.84. The normalized spacial score (nSPS) is 10.7. The highest BCUT2D eigenvalue weighted by Crippen LogP contribution is 2.17. The van der Waals surface area contributed by atoms with Gasteiger partial charge in [-0.15, -0.1) is 5.10 Å². The van der Waals surface area contributed by atoms with Gasteiger partial charge in [-0.1, -0.05) is 0 Å². The summed E-state index contributed by atoms with van der Waals surface area (Å²) >= 11 is 0. The molecule has 2 heterocycles. The molecule has 0 aliphatic carbocycles. The van der Waals surface area contributed by atoms with Gasteiger partial charge in [0, 0.05) is 25.7 Å². The monoisotopic (exact) mass is 266 g/mol. The standard InChI is InChI=1S/C13H10N6O/c1-18-7-10(13-15-16-17-19(13)2)12(20)9-4-3-8(6-14)5-11(9)18/h3-5,7H,1-2H3. The van der Waals surface area contributed by atoms with Crippen LogP contribution in [0.25, 0.3) is 22.3 Å². The van der Waals surface area contributed by atoms with Crippen molar-refractivity contribution in [1.82, 2.24) is 24.8 Å². The van der Waals surface area contributed by atoms with Crippen molar-refractivity contribution in [3.63, 3.8) is 0 Å². The molecule has 2 aromatic heterocycles. The Morgan fingerprint density at radius 2 is 2.10 bits per heavy atom. The van der Waals surface area contributed by atoms with Crippen molar-refractivity contribution in [2.24, 2.45) is 14.1 Å². The van der Waals surface area contributed by atoms with Gasteiger partial charge >= 0.3 is 0 Å². The van der Waals surface area contributed by atoms with Crippen molar-refractivity contribution in [2.45, 2.75) is 0 Å². The van der Waals surface area contributed by atoms with Crippen molar-refractivity contribution in [2.75, 3.05) is 0 Å². The van der Waals surface area contributed by atoms with Gasteiger partial charge in [0.1, 0.15) is 0 Å². The number of tetrazole rings is 1. The van der Waals surface area contributed by atoms with E-state index in [1.807, 2.05) is 7.05 Å². The quantitative estimate of drug-likeness (QED) is 0.643. The van der Waals surface area contributed by atoms with Gasteiger partial charge in [0.25, 0.3) is 0 Å². The zero-order valence-corrected chi connectivity index (χ0v) is 10.9. The van der Waals surface area contributed by atoms with Gasteiger partial charge in [-0.3, -0.25) is 4.79 Å². The van der Waals surface area contributed by atoms with Crippen molar-refractivity contribution >= 4 is 10.9 Å². The van der Waals surface area contributed by atoms with Crippen LogP contribution in [-0.2, 0) is 14.1 Å². The molecule has 1 aromatic carbocycles. The second-order valence-electron chi connectivity index (χ2n) is 4.45. The Morgan fingerprint density at radius 1 is 1.30 bits per heavy atom. The molecule has 0 N–H and O–H groups in total. The lowest BCUT2D eigenvalue weighted by Crippen LogP contribution is -2.12. The molecular formula is C13H10N6O. The Hall–Kier alpha value is -3.01. The molecule has 98 valence electrons. The number of aromatic nitrogens is 5. The Bertz CT molecular complexity index is 915. The molecule has 7 nitrogen and oxygen atoms in total. The van der Waals surface area contributed by atoms with E-state index in [1.54, 1.807) is 36.0 Å². The lowest BCUT2D eigenvalue weighted by atomic mass is 10.1. The number of nitriles is 1. The highest BCUT2D eigenvalue weighted by Gasteiger charge is 2.14. The zero-order chi connectivity index (χ0) is 14.3. The molecule has 0 aliphatic rings. The summed E-state index contributed by atoms with van der Waals surface area (Å²) in [5.74, 6) is 0.414. The Morgan fingerprint density at radius 3 is 2.75 bits per heavy atom. The maximum atomic E-state index is 12.5. The lowest BCUT2D eigenvalue weighted by molar-refractivity contribution is 0.714. The molecule has 7 heteroatoms. The SMILES string of the molecule is Cn1nnnc1-c1cn(C)c2cc(C#N)ccc2c1=O. The van der Waals surface area contributed by atoms with Gasteiger partial charge in [0.05, 0.1) is 22.7 Å². The first kappa shape index (κ1) is 12.0. The fourth-order valence-electron chi connectivity index (χ4n) is 2.17. The third-order valence-electron chi connectivity index (χ3n) is 3.18. The molecule has 0 atom stereocenters. The predicted octanol–water partition coefficient (Wildman–Crippen LogP) is 0.601. The van der Waals surface area contributed by atoms with E-state index < -0.39 is 0 Å². The predicted molar refractivity (Wildman–Crippen MR) is 71.7 cm³/mol. The summed E-state index contributed by atoms with van der Waals surface area (Å²) in [4.78, 5) is 12.5. The molecule has 0 unspecified atom stereocenters. The third kappa shape index (κ3) is 1.66. The summed E-state index contributed by atoms with van der Waals surface area (Å²) in [7, 11) is 3.49. The maximum Gasteiger partial charge on any atom is 0.200 e. The van der Waals surface area contributed by atoms with Crippen LogP contribution in [0.4, 0.5) is 0 Å². The van der Waals surface area contributed by atoms with Crippen LogP contribution < -0.4 is 5.43 Å². The molecule has 0 saturated carbocycles. The van der Waals surface area contributed by atoms with Crippen LogP contribution in [0.1, 0.15) is 5.56 Å². The number of pyridine rings is 1. The van der Waals surface area contributed by atoms with Gasteiger partial charge in [-0.05, 0) is 28.6 Å². The second kappa shape index (κ2) is 4.28. The number of fused-ring (bicyclic) bond motifs is 1. The fraction of sp³-hybridized carbons (Fsp3) is 0.154. The van der Waals surface area contributed by atoms with Crippen LogP contribution in [-0.4, -0.2) is 24.8 Å². The van der Waals surface area contributed by atoms with Gasteiger partial charge in [-0.25, -0.2) is 4.68 Å². The number of aryl methyl sites for hydroxylation is 2. The summed E-state index contributed by atoms with van der Waals surface area (Å²) in [6, 6.07) is 7.04. The molecule has 0 fully saturated rings. The summed E-state index contributed by atoms with van der Waals surface area (Å²) < 4.78 is 3.24. The van der Waals surface area contributed by atoms with Crippen LogP contribution in [0.15, 0.2) is 29.2 Å². The minimum Gasteiger partial charge on any atom is -0.350 e. The van der Waals surface area contributed by atoms with Gasteiger partial charge in [0.2, 0.25) is 0 Å². The van der Waals surface area contributed by atoms with Crippen LogP contribution >= 0.6 is 0 Å². The molecule has 0 aliphatic heterocycles. The first-order chi connectivity index (χ1) is 9.61. The number of hydrogen-bond donors (Lipinski definition) is 0. The maximum absolute atomic E-state index is 12.5. The lowest BCUT2D eigenvalue weighted by Gasteiger charge is -2.08. The van der Waals surface area contributed by atoms with E-state index in [2.05, 4.69) is 21.6 Å². The van der Waals surface area contributed by atoms with Crippen LogP contribution in [0.2, 0.25) is 0 Å². The summed E-state index contributed by atoms with van der Waals surface area (Å²) in [5, 5.41) is 20.6. The number of rotatable bonds is 1. The topological polar surface area (TPSA) is 89.4 Å². The average molecular weight is 266 g/mol. The first-order valence-corrected chi connectivity index (χ1v) is 5.88. The van der Waals surface area contributed by atoms with Crippen LogP contribution in [0.5, 0.6) is 0 Å². The Balaban J connectivity index is 2.39. The minimum absolute atomic E-state index is 0.152. The van der Waals surface area contributed by atoms with E-state index in [9.17, 15) is 4.79 Å². The van der Waals surface area contributed by atoms with E-state index >= 15 is 0 Å². The second-order valence-corrected chi connectivity index (χ2v) is 4.45. The number of nitrogens with zero attached hydrogens (tertiary/aromatic N) is 6. The van der Waals surface area contributed by atoms with Crippen LogP contribution in [0.3, 0.4) is 0 Å². The van der Waals surface area contributed by atoms with Crippen molar-refractivity contribution in [3.8, 4) is 17.5 Å². The Kier molecular flexibility index (Phi) is 2.57. The van der Waals surface area contributed by atoms with Crippen molar-refractivity contribution in [3.05, 3.63) is 40.2 Å². The van der Waals surface area contributed by atoms with E-state index in [-0.39, 0.29) is 5.43 Å². The molecule has 0 amide bonds. The van der Waals surface area contributed by atoms with E-state index in [0.29, 0.717) is 27.9 Å². The van der Waals surface area contributed by atoms with Gasteiger partial charge < -0.3 is 4.57 Å². The highest BCUT2D eigenvalue weighted by atomic mass is 16.1. The van der Waals surface area contributed by atoms with Crippen molar-refractivity contribution < 1.29 is 0 Å². The van der Waals surface area contributed by atoms with Crippen LogP contribution in [0, 0.1) is 11.3 Å². The number of benzene rings is 1. The zero-order valence-electron chi connectivity index (χ0n) is 10.9. The molecule has 0 spiro atoms. The molecule has 20 heavy (non-hydrogen) atoms. The van der Waals surface area contributed by atoms with Gasteiger partial charge in [0.15, 0.2) is 11.3 Å². The average Bonchev–Trinajstić information content (AvgIpc) is 2.88. The molecule has 0 bridgehead atoms. The summed E-state index contributed by atoms with van der Waals surface area (Å²) in [5.41, 5.74) is 1.49. The molecule has 3 rings (SSSR count). The van der Waals surface area contributed by atoms with E-state index in [4.69, 9.17) is 5.26 Å².